The van der Waals surface area contributed by atoms with Crippen LogP contribution >= 0.6 is 0 Å². The van der Waals surface area contributed by atoms with Gasteiger partial charge in [0.25, 0.3) is 0 Å². The molecule has 140 valence electrons. The molecule has 0 saturated carbocycles. The molecule has 1 aliphatic heterocycles. The van der Waals surface area contributed by atoms with Crippen LogP contribution in [0.3, 0.4) is 0 Å². The molecular formula is C20H29N5O. The van der Waals surface area contributed by atoms with E-state index in [-0.39, 0.29) is 6.04 Å². The third-order valence-corrected chi connectivity index (χ3v) is 4.60. The minimum atomic E-state index is 0.227. The van der Waals surface area contributed by atoms with Crippen molar-refractivity contribution in [1.29, 1.82) is 0 Å². The fourth-order valence-electron chi connectivity index (χ4n) is 3.28. The normalized spacial score (nSPS) is 16.6. The predicted molar refractivity (Wildman–Crippen MR) is 104 cm³/mol. The van der Waals surface area contributed by atoms with Crippen LogP contribution < -0.4 is 10.6 Å². The van der Waals surface area contributed by atoms with E-state index in [0.717, 1.165) is 49.4 Å². The van der Waals surface area contributed by atoms with Crippen LogP contribution in [0, 0.1) is 6.92 Å². The van der Waals surface area contributed by atoms with Gasteiger partial charge in [-0.05, 0) is 64.0 Å². The third-order valence-electron chi connectivity index (χ3n) is 4.60. The van der Waals surface area contributed by atoms with Gasteiger partial charge in [-0.2, -0.15) is 0 Å². The molecule has 0 aromatic carbocycles. The molecule has 2 aromatic rings. The smallest absolute Gasteiger partial charge is 0.191 e. The molecule has 6 nitrogen and oxygen atoms in total. The summed E-state index contributed by atoms with van der Waals surface area (Å²) >= 11 is 0. The summed E-state index contributed by atoms with van der Waals surface area (Å²) in [5.74, 6) is 2.79. The van der Waals surface area contributed by atoms with E-state index in [0.29, 0.717) is 6.54 Å². The van der Waals surface area contributed by atoms with Crippen molar-refractivity contribution in [2.45, 2.75) is 39.3 Å². The Morgan fingerprint density at radius 3 is 2.73 bits per heavy atom. The van der Waals surface area contributed by atoms with E-state index in [1.54, 1.807) is 6.20 Å². The highest BCUT2D eigenvalue weighted by molar-refractivity contribution is 5.79. The number of pyridine rings is 1. The Balaban J connectivity index is 1.66. The van der Waals surface area contributed by atoms with Crippen molar-refractivity contribution in [2.24, 2.45) is 4.99 Å². The molecule has 0 radical (unpaired) electrons. The van der Waals surface area contributed by atoms with Gasteiger partial charge in [-0.15, -0.1) is 0 Å². The summed E-state index contributed by atoms with van der Waals surface area (Å²) in [6.45, 7) is 8.46. The van der Waals surface area contributed by atoms with Crippen molar-refractivity contribution < 1.29 is 4.42 Å². The summed E-state index contributed by atoms with van der Waals surface area (Å²) < 4.78 is 5.93. The van der Waals surface area contributed by atoms with E-state index < -0.39 is 0 Å². The first-order valence-electron chi connectivity index (χ1n) is 9.48. The van der Waals surface area contributed by atoms with Crippen molar-refractivity contribution in [1.82, 2.24) is 20.5 Å². The van der Waals surface area contributed by atoms with Crippen molar-refractivity contribution in [3.8, 4) is 0 Å². The number of aryl methyl sites for hydroxylation is 1. The SMILES string of the molecule is CCNC(=NCc1ccccn1)NCC(c1ccc(C)o1)N1CCCC1. The van der Waals surface area contributed by atoms with Crippen LogP contribution in [0.4, 0.5) is 0 Å². The topological polar surface area (TPSA) is 65.7 Å². The summed E-state index contributed by atoms with van der Waals surface area (Å²) in [5.41, 5.74) is 0.961. The van der Waals surface area contributed by atoms with Gasteiger partial charge in [-0.1, -0.05) is 6.07 Å². The van der Waals surface area contributed by atoms with E-state index >= 15 is 0 Å². The highest BCUT2D eigenvalue weighted by atomic mass is 16.3. The Morgan fingerprint density at radius 1 is 1.23 bits per heavy atom. The molecule has 0 amide bonds. The monoisotopic (exact) mass is 355 g/mol. The molecule has 1 aliphatic rings. The lowest BCUT2D eigenvalue weighted by atomic mass is 10.2. The van der Waals surface area contributed by atoms with E-state index in [9.17, 15) is 0 Å². The lowest BCUT2D eigenvalue weighted by molar-refractivity contribution is 0.213. The molecule has 0 bridgehead atoms. The Morgan fingerprint density at radius 2 is 2.08 bits per heavy atom. The average Bonchev–Trinajstić information content (AvgIpc) is 3.33. The quantitative estimate of drug-likeness (QED) is 0.591. The van der Waals surface area contributed by atoms with Gasteiger partial charge < -0.3 is 15.1 Å². The number of nitrogens with zero attached hydrogens (tertiary/aromatic N) is 3. The standard InChI is InChI=1S/C20H29N5O/c1-3-21-20(23-14-17-8-4-5-11-22-17)24-15-18(25-12-6-7-13-25)19-10-9-16(2)26-19/h4-5,8-11,18H,3,6-7,12-15H2,1-2H3,(H2,21,23,24). The zero-order valence-corrected chi connectivity index (χ0v) is 15.7. The first kappa shape index (κ1) is 18.5. The predicted octanol–water partition coefficient (Wildman–Crippen LogP) is 2.88. The average molecular weight is 355 g/mol. The minimum Gasteiger partial charge on any atom is -0.465 e. The van der Waals surface area contributed by atoms with Crippen LogP contribution in [0.2, 0.25) is 0 Å². The number of nitrogens with one attached hydrogen (secondary N) is 2. The number of guanidine groups is 1. The lowest BCUT2D eigenvalue weighted by Gasteiger charge is -2.26. The van der Waals surface area contributed by atoms with Crippen LogP contribution in [-0.4, -0.2) is 42.0 Å². The lowest BCUT2D eigenvalue weighted by Crippen LogP contribution is -2.42. The van der Waals surface area contributed by atoms with E-state index in [1.165, 1.54) is 12.8 Å². The van der Waals surface area contributed by atoms with Gasteiger partial charge in [0.1, 0.15) is 11.5 Å². The van der Waals surface area contributed by atoms with Gasteiger partial charge >= 0.3 is 0 Å². The van der Waals surface area contributed by atoms with Gasteiger partial charge in [0.2, 0.25) is 0 Å². The van der Waals surface area contributed by atoms with Crippen LogP contribution in [0.1, 0.15) is 43.0 Å². The maximum absolute atomic E-state index is 5.93. The number of hydrogen-bond acceptors (Lipinski definition) is 4. The molecular weight excluding hydrogens is 326 g/mol. The number of aliphatic imine (C=N–C) groups is 1. The number of furan rings is 1. The van der Waals surface area contributed by atoms with Crippen LogP contribution in [0.5, 0.6) is 0 Å². The fraction of sp³-hybridized carbons (Fsp3) is 0.500. The summed E-state index contributed by atoms with van der Waals surface area (Å²) in [6, 6.07) is 10.3. The Labute approximate surface area is 155 Å². The Bertz CT molecular complexity index is 691. The molecule has 26 heavy (non-hydrogen) atoms. The molecule has 2 aromatic heterocycles. The number of aromatic nitrogens is 1. The highest BCUT2D eigenvalue weighted by Gasteiger charge is 2.26. The van der Waals surface area contributed by atoms with Gasteiger partial charge in [0.05, 0.1) is 18.3 Å². The molecule has 2 N–H and O–H groups in total. The van der Waals surface area contributed by atoms with Crippen molar-refractivity contribution in [2.75, 3.05) is 26.2 Å². The second kappa shape index (κ2) is 9.38. The first-order chi connectivity index (χ1) is 12.8. The van der Waals surface area contributed by atoms with Gasteiger partial charge in [-0.25, -0.2) is 4.99 Å². The van der Waals surface area contributed by atoms with E-state index in [4.69, 9.17) is 4.42 Å². The fourth-order valence-corrected chi connectivity index (χ4v) is 3.28. The third kappa shape index (κ3) is 5.08. The number of likely N-dealkylation sites (tertiary alicyclic amines) is 1. The van der Waals surface area contributed by atoms with Gasteiger partial charge in [0.15, 0.2) is 5.96 Å². The molecule has 1 saturated heterocycles. The van der Waals surface area contributed by atoms with Crippen molar-refractivity contribution in [3.63, 3.8) is 0 Å². The Kier molecular flexibility index (Phi) is 6.66. The van der Waals surface area contributed by atoms with Gasteiger partial charge in [-0.3, -0.25) is 9.88 Å². The molecule has 6 heteroatoms. The van der Waals surface area contributed by atoms with E-state index in [1.807, 2.05) is 31.2 Å². The van der Waals surface area contributed by atoms with Crippen molar-refractivity contribution >= 4 is 5.96 Å². The van der Waals surface area contributed by atoms with E-state index in [2.05, 4.69) is 38.5 Å². The van der Waals surface area contributed by atoms with Crippen LogP contribution in [0.25, 0.3) is 0 Å². The molecule has 1 atom stereocenters. The maximum Gasteiger partial charge on any atom is 0.191 e. The maximum atomic E-state index is 5.93. The number of rotatable bonds is 7. The second-order valence-corrected chi connectivity index (χ2v) is 6.60. The Hall–Kier alpha value is -2.34. The largest absolute Gasteiger partial charge is 0.465 e. The molecule has 0 spiro atoms. The second-order valence-electron chi connectivity index (χ2n) is 6.60. The summed E-state index contributed by atoms with van der Waals surface area (Å²) in [7, 11) is 0. The molecule has 1 fully saturated rings. The molecule has 0 aliphatic carbocycles. The summed E-state index contributed by atoms with van der Waals surface area (Å²) in [5, 5.41) is 6.80. The molecule has 3 rings (SSSR count). The van der Waals surface area contributed by atoms with Crippen LogP contribution in [0.15, 0.2) is 45.9 Å². The van der Waals surface area contributed by atoms with Gasteiger partial charge in [0, 0.05) is 19.3 Å². The summed E-state index contributed by atoms with van der Waals surface area (Å²) in [6.07, 6.45) is 4.31. The minimum absolute atomic E-state index is 0.227. The zero-order valence-electron chi connectivity index (χ0n) is 15.7. The summed E-state index contributed by atoms with van der Waals surface area (Å²) in [4.78, 5) is 11.5. The van der Waals surface area contributed by atoms with Crippen LogP contribution in [-0.2, 0) is 6.54 Å². The first-order valence-corrected chi connectivity index (χ1v) is 9.48. The molecule has 3 heterocycles. The van der Waals surface area contributed by atoms with Crippen molar-refractivity contribution in [3.05, 3.63) is 53.7 Å². The zero-order chi connectivity index (χ0) is 18.2. The molecule has 1 unspecified atom stereocenters. The number of hydrogen-bond donors (Lipinski definition) is 2. The highest BCUT2D eigenvalue weighted by Crippen LogP contribution is 2.26.